The average molecular weight is 469 g/mol. The van der Waals surface area contributed by atoms with E-state index in [1.165, 1.54) is 16.9 Å². The van der Waals surface area contributed by atoms with Crippen LogP contribution in [-0.4, -0.2) is 30.0 Å². The lowest BCUT2D eigenvalue weighted by atomic mass is 10.1. The van der Waals surface area contributed by atoms with Gasteiger partial charge in [0.05, 0.1) is 10.6 Å². The van der Waals surface area contributed by atoms with Crippen molar-refractivity contribution in [3.05, 3.63) is 45.3 Å². The zero-order chi connectivity index (χ0) is 24.6. The highest BCUT2D eigenvalue weighted by Gasteiger charge is 2.17. The Morgan fingerprint density at radius 3 is 2.10 bits per heavy atom. The Morgan fingerprint density at radius 1 is 1.13 bits per heavy atom. The minimum Gasteiger partial charge on any atom is -0.374 e. The maximum absolute atomic E-state index is 13.0. The van der Waals surface area contributed by atoms with Gasteiger partial charge in [0.1, 0.15) is 0 Å². The highest BCUT2D eigenvalue weighted by molar-refractivity contribution is 8.06. The monoisotopic (exact) mass is 468 g/mol. The molecule has 1 aromatic rings. The van der Waals surface area contributed by atoms with Crippen molar-refractivity contribution in [1.82, 2.24) is 5.32 Å². The lowest BCUT2D eigenvalue weighted by Crippen LogP contribution is -2.26. The summed E-state index contributed by atoms with van der Waals surface area (Å²) in [6.45, 7) is 19.3. The van der Waals surface area contributed by atoms with Crippen LogP contribution in [0.2, 0.25) is 0 Å². The molecule has 0 saturated carbocycles. The summed E-state index contributed by atoms with van der Waals surface area (Å²) >= 11 is 1.57. The first-order chi connectivity index (χ1) is 14.6. The Hall–Kier alpha value is -1.53. The summed E-state index contributed by atoms with van der Waals surface area (Å²) in [6.07, 6.45) is 5.72. The number of hydrogen-bond donors (Lipinski definition) is 1. The van der Waals surface area contributed by atoms with Crippen LogP contribution in [0.15, 0.2) is 44.7 Å². The third kappa shape index (κ3) is 12.2. The van der Waals surface area contributed by atoms with Crippen LogP contribution < -0.4 is 10.2 Å². The van der Waals surface area contributed by atoms with Gasteiger partial charge in [0, 0.05) is 41.2 Å². The summed E-state index contributed by atoms with van der Waals surface area (Å²) in [6, 6.07) is 5.42. The van der Waals surface area contributed by atoms with Crippen molar-refractivity contribution in [3.8, 4) is 0 Å². The van der Waals surface area contributed by atoms with E-state index >= 15 is 0 Å². The molecular weight excluding hydrogens is 424 g/mol. The molecule has 1 unspecified atom stereocenters. The molecule has 0 aliphatic heterocycles. The Bertz CT molecular complexity index is 752. The molecule has 0 saturated heterocycles. The maximum Gasteiger partial charge on any atom is 0.258 e. The molecular formula is C25H44N2O2S2. The standard InChI is InChI=1S/C20H30N2O2S2.C3H8.C2H6/c1-8-10-19(25-15(5)14(3)4)21-20(23)17-13-16(26(7)24)11-12-18(17)22(6)9-2;1-3-2;1-2/h10-13H,8-9H2,1-7H3,(H,21,23);3H2,1-2H3;1-2H3/b19-10+;;. The molecule has 0 heterocycles. The quantitative estimate of drug-likeness (QED) is 0.433. The number of hydrogen-bond acceptors (Lipinski definition) is 4. The molecule has 1 rings (SSSR count). The number of benzene rings is 1. The second-order valence-corrected chi connectivity index (χ2v) is 9.58. The fourth-order valence-corrected chi connectivity index (χ4v) is 3.60. The van der Waals surface area contributed by atoms with Crippen LogP contribution in [-0.2, 0) is 10.8 Å². The first-order valence-electron chi connectivity index (χ1n) is 11.1. The smallest absolute Gasteiger partial charge is 0.258 e. The third-order valence-corrected chi connectivity index (χ3v) is 6.14. The average Bonchev–Trinajstić information content (AvgIpc) is 2.74. The van der Waals surface area contributed by atoms with Crippen LogP contribution in [0.1, 0.15) is 85.5 Å². The van der Waals surface area contributed by atoms with Crippen molar-refractivity contribution < 1.29 is 9.00 Å². The van der Waals surface area contributed by atoms with Crippen LogP contribution >= 0.6 is 11.8 Å². The largest absolute Gasteiger partial charge is 0.374 e. The molecule has 178 valence electrons. The lowest BCUT2D eigenvalue weighted by molar-refractivity contribution is 0.0969. The van der Waals surface area contributed by atoms with Gasteiger partial charge in [-0.25, -0.2) is 0 Å². The number of allylic oxidation sites excluding steroid dienone is 3. The van der Waals surface area contributed by atoms with E-state index in [9.17, 15) is 9.00 Å². The fourth-order valence-electron chi connectivity index (χ4n) is 2.13. The Morgan fingerprint density at radius 2 is 1.68 bits per heavy atom. The summed E-state index contributed by atoms with van der Waals surface area (Å²) < 4.78 is 11.9. The normalized spacial score (nSPS) is 11.3. The maximum atomic E-state index is 13.0. The van der Waals surface area contributed by atoms with Gasteiger partial charge in [-0.2, -0.15) is 0 Å². The minimum atomic E-state index is -1.14. The van der Waals surface area contributed by atoms with Gasteiger partial charge in [0.2, 0.25) is 0 Å². The Balaban J connectivity index is 0. The van der Waals surface area contributed by atoms with Gasteiger partial charge in [-0.3, -0.25) is 9.00 Å². The predicted octanol–water partition coefficient (Wildman–Crippen LogP) is 7.35. The van der Waals surface area contributed by atoms with E-state index in [0.29, 0.717) is 10.5 Å². The highest BCUT2D eigenvalue weighted by Crippen LogP contribution is 2.28. The lowest BCUT2D eigenvalue weighted by Gasteiger charge is -2.21. The minimum absolute atomic E-state index is 0.179. The van der Waals surface area contributed by atoms with Crippen LogP contribution in [0.25, 0.3) is 0 Å². The van der Waals surface area contributed by atoms with Crippen LogP contribution in [0.4, 0.5) is 5.69 Å². The van der Waals surface area contributed by atoms with Crippen LogP contribution in [0, 0.1) is 0 Å². The molecule has 1 N–H and O–H groups in total. The van der Waals surface area contributed by atoms with Gasteiger partial charge in [-0.15, -0.1) is 0 Å². The Labute approximate surface area is 198 Å². The molecule has 1 aromatic carbocycles. The van der Waals surface area contributed by atoms with Crippen molar-refractivity contribution in [3.63, 3.8) is 0 Å². The van der Waals surface area contributed by atoms with Crippen LogP contribution in [0.3, 0.4) is 0 Å². The molecule has 6 heteroatoms. The number of anilines is 1. The predicted molar refractivity (Wildman–Crippen MR) is 143 cm³/mol. The van der Waals surface area contributed by atoms with Crippen molar-refractivity contribution in [2.45, 2.75) is 80.1 Å². The molecule has 31 heavy (non-hydrogen) atoms. The fraction of sp³-hybridized carbons (Fsp3) is 0.560. The molecule has 0 spiro atoms. The highest BCUT2D eigenvalue weighted by atomic mass is 32.2. The second-order valence-electron chi connectivity index (χ2n) is 6.94. The summed E-state index contributed by atoms with van der Waals surface area (Å²) in [7, 11) is 0.808. The zero-order valence-corrected chi connectivity index (χ0v) is 23.1. The number of rotatable bonds is 8. The molecule has 0 aliphatic carbocycles. The van der Waals surface area contributed by atoms with Crippen molar-refractivity contribution in [2.24, 2.45) is 0 Å². The zero-order valence-electron chi connectivity index (χ0n) is 21.5. The van der Waals surface area contributed by atoms with E-state index in [2.05, 4.69) is 33.0 Å². The van der Waals surface area contributed by atoms with Gasteiger partial charge < -0.3 is 10.2 Å². The number of carbonyl (C=O) groups excluding carboxylic acids is 1. The van der Waals surface area contributed by atoms with Crippen molar-refractivity contribution in [2.75, 3.05) is 24.7 Å². The number of nitrogens with zero attached hydrogens (tertiary/aromatic N) is 1. The second kappa shape index (κ2) is 18.1. The molecule has 1 amide bonds. The van der Waals surface area contributed by atoms with E-state index < -0.39 is 10.8 Å². The van der Waals surface area contributed by atoms with Gasteiger partial charge in [-0.1, -0.05) is 64.5 Å². The molecule has 0 aliphatic rings. The molecule has 0 radical (unpaired) electrons. The van der Waals surface area contributed by atoms with Gasteiger partial charge in [0.15, 0.2) is 0 Å². The molecule has 0 fully saturated rings. The summed E-state index contributed by atoms with van der Waals surface area (Å²) in [5.41, 5.74) is 2.60. The molecule has 1 atom stereocenters. The molecule has 4 nitrogen and oxygen atoms in total. The molecule has 0 aromatic heterocycles. The van der Waals surface area contributed by atoms with E-state index in [1.54, 1.807) is 24.1 Å². The van der Waals surface area contributed by atoms with Gasteiger partial charge >= 0.3 is 0 Å². The Kier molecular flexibility index (Phi) is 18.5. The van der Waals surface area contributed by atoms with Crippen molar-refractivity contribution in [1.29, 1.82) is 0 Å². The number of nitrogens with one attached hydrogen (secondary N) is 1. The number of amides is 1. The number of thioether (sulfide) groups is 1. The summed E-state index contributed by atoms with van der Waals surface area (Å²) in [5, 5.41) is 3.85. The third-order valence-electron chi connectivity index (χ3n) is 4.02. The van der Waals surface area contributed by atoms with Gasteiger partial charge in [-0.05, 0) is 57.2 Å². The summed E-state index contributed by atoms with van der Waals surface area (Å²) in [5.74, 6) is -0.179. The van der Waals surface area contributed by atoms with Crippen molar-refractivity contribution >= 4 is 34.2 Å². The number of carbonyl (C=O) groups is 1. The summed E-state index contributed by atoms with van der Waals surface area (Å²) in [4.78, 5) is 16.8. The van der Waals surface area contributed by atoms with Gasteiger partial charge in [0.25, 0.3) is 5.91 Å². The van der Waals surface area contributed by atoms with Crippen LogP contribution in [0.5, 0.6) is 0 Å². The first kappa shape index (κ1) is 31.7. The van der Waals surface area contributed by atoms with E-state index in [1.807, 2.05) is 64.8 Å². The molecule has 0 bridgehead atoms. The SMILES string of the molecule is CC.CC/C=C(\NC(=O)c1cc(S(C)=O)ccc1N(C)CC)SC(C)=C(C)C.CCC. The van der Waals surface area contributed by atoms with E-state index in [4.69, 9.17) is 0 Å². The topological polar surface area (TPSA) is 49.4 Å². The van der Waals surface area contributed by atoms with E-state index in [0.717, 1.165) is 23.7 Å². The van der Waals surface area contributed by atoms with E-state index in [-0.39, 0.29) is 5.91 Å². The first-order valence-corrected chi connectivity index (χ1v) is 13.5.